The van der Waals surface area contributed by atoms with Gasteiger partial charge in [0.15, 0.2) is 0 Å². The monoisotopic (exact) mass is 354 g/mol. The van der Waals surface area contributed by atoms with Gasteiger partial charge in [-0.3, -0.25) is 0 Å². The molecule has 0 aliphatic rings. The molecule has 0 atom stereocenters. The van der Waals surface area contributed by atoms with Crippen LogP contribution in [0.3, 0.4) is 0 Å². The van der Waals surface area contributed by atoms with E-state index in [2.05, 4.69) is 9.78 Å². The van der Waals surface area contributed by atoms with Crippen molar-refractivity contribution < 1.29 is 61.5 Å². The summed E-state index contributed by atoms with van der Waals surface area (Å²) in [4.78, 5) is 25.5. The minimum atomic E-state index is -6.89. The fraction of sp³-hybridized carbons (Fsp3) is 0.500. The van der Waals surface area contributed by atoms with Crippen molar-refractivity contribution in [3.05, 3.63) is 0 Å². The van der Waals surface area contributed by atoms with E-state index < -0.39 is 42.9 Å². The smallest absolute Gasteiger partial charge is 0.239 e. The minimum Gasteiger partial charge on any atom is -0.239 e. The van der Waals surface area contributed by atoms with Gasteiger partial charge in [0, 0.05) is 0 Å². The molecule has 0 fully saturated rings. The second-order valence-corrected chi connectivity index (χ2v) is 5.43. The molecule has 0 aromatic carbocycles. The molecule has 0 aromatic rings. The first-order valence-corrected chi connectivity index (χ1v) is 6.39. The molecule has 0 radical (unpaired) electrons. The Labute approximate surface area is 105 Å². The molecule has 0 heterocycles. The van der Waals surface area contributed by atoms with Crippen LogP contribution in [0.4, 0.5) is 25.3 Å². The molecule has 0 unspecified atom stereocenters. The maximum atomic E-state index is 12.3. The van der Waals surface area contributed by atoms with Gasteiger partial charge in [-0.25, -0.2) is 19.4 Å². The van der Waals surface area contributed by atoms with E-state index in [9.17, 15) is 51.8 Å². The lowest BCUT2D eigenvalue weighted by Crippen LogP contribution is -2.41. The van der Waals surface area contributed by atoms with Crippen molar-refractivity contribution in [1.29, 1.82) is 0 Å². The molecule has 0 spiro atoms. The zero-order valence-electron chi connectivity index (χ0n) is 8.35. The maximum absolute atomic E-state index is 12.3. The van der Waals surface area contributed by atoms with E-state index in [1.54, 1.807) is 0 Å². The normalized spacial score (nSPS) is 13.7. The van der Waals surface area contributed by atoms with Crippen LogP contribution in [0, 0.1) is 0 Å². The number of carbonyl (C=O) groups excluding carboxylic acids is 2. The largest absolute Gasteiger partial charge is 0.474 e. The van der Waals surface area contributed by atoms with Gasteiger partial charge in [0.1, 0.15) is 0 Å². The van der Waals surface area contributed by atoms with Gasteiger partial charge in [-0.15, -0.1) is 0 Å². The molecule has 0 N–H and O–H groups in total. The highest BCUT2D eigenvalue weighted by Gasteiger charge is 2.60. The number of hydrogen-bond acceptors (Lipinski definition) is 8. The number of hydrogen-bond donors (Lipinski definition) is 0. The molecule has 0 bridgehead atoms. The van der Waals surface area contributed by atoms with E-state index >= 15 is 0 Å². The van der Waals surface area contributed by atoms with E-state index in [-0.39, 0.29) is 0 Å². The summed E-state index contributed by atoms with van der Waals surface area (Å²) in [5, 5.41) is -11.9. The van der Waals surface area contributed by atoms with Crippen LogP contribution < -0.4 is 0 Å². The maximum Gasteiger partial charge on any atom is 0.474 e. The molecule has 0 saturated carbocycles. The SMILES string of the molecule is O=C(OOC(=O)C(F)(F)S(=O)(=O)F)C(F)(F)S(=O)(=O)F. The zero-order chi connectivity index (χ0) is 16.6. The molecule has 0 rings (SSSR count). The van der Waals surface area contributed by atoms with Crippen molar-refractivity contribution in [3.63, 3.8) is 0 Å². The minimum absolute atomic E-state index is 2.51. The Balaban J connectivity index is 5.01. The third kappa shape index (κ3) is 3.50. The van der Waals surface area contributed by atoms with Crippen molar-refractivity contribution in [1.82, 2.24) is 0 Å². The van der Waals surface area contributed by atoms with Gasteiger partial charge in [-0.2, -0.15) is 34.4 Å². The molecule has 0 aliphatic carbocycles. The quantitative estimate of drug-likeness (QED) is 0.294. The van der Waals surface area contributed by atoms with Crippen LogP contribution in [-0.2, 0) is 39.8 Å². The van der Waals surface area contributed by atoms with Gasteiger partial charge < -0.3 is 0 Å². The van der Waals surface area contributed by atoms with Gasteiger partial charge in [-0.1, -0.05) is 7.77 Å². The van der Waals surface area contributed by atoms with Crippen molar-refractivity contribution in [2.24, 2.45) is 0 Å². The van der Waals surface area contributed by atoms with Crippen LogP contribution in [0.1, 0.15) is 0 Å². The Morgan fingerprint density at radius 3 is 1.05 bits per heavy atom. The van der Waals surface area contributed by atoms with Crippen LogP contribution in [0.15, 0.2) is 0 Å². The number of alkyl halides is 4. The lowest BCUT2D eigenvalue weighted by molar-refractivity contribution is -0.277. The second kappa shape index (κ2) is 5.08. The Kier molecular flexibility index (Phi) is 4.67. The summed E-state index contributed by atoms with van der Waals surface area (Å²) in [6, 6.07) is 0. The third-order valence-electron chi connectivity index (χ3n) is 1.28. The van der Waals surface area contributed by atoms with Crippen molar-refractivity contribution in [2.45, 2.75) is 10.5 Å². The number of halogens is 6. The van der Waals surface area contributed by atoms with Gasteiger partial charge >= 0.3 is 42.9 Å². The standard InChI is InChI=1S/C4F6O8S2/c5-3(6,19(9,13)14)1(11)17-18-2(12)4(7,8)20(10,15)16. The second-order valence-electron chi connectivity index (χ2n) is 2.65. The van der Waals surface area contributed by atoms with E-state index in [1.165, 1.54) is 0 Å². The number of carbonyl (C=O) groups is 2. The molecule has 16 heteroatoms. The van der Waals surface area contributed by atoms with Crippen LogP contribution in [0.25, 0.3) is 0 Å². The summed E-state index contributed by atoms with van der Waals surface area (Å²) in [7, 11) is -13.8. The predicted molar refractivity (Wildman–Crippen MR) is 42.1 cm³/mol. The van der Waals surface area contributed by atoms with Crippen LogP contribution in [0.2, 0.25) is 0 Å². The van der Waals surface area contributed by atoms with E-state index in [0.29, 0.717) is 0 Å². The molecule has 0 amide bonds. The predicted octanol–water partition coefficient (Wildman–Crippen LogP) is -0.228. The zero-order valence-corrected chi connectivity index (χ0v) is 9.98. The van der Waals surface area contributed by atoms with Crippen LogP contribution >= 0.6 is 0 Å². The molecule has 0 aromatic heterocycles. The fourth-order valence-electron chi connectivity index (χ4n) is 0.372. The summed E-state index contributed by atoms with van der Waals surface area (Å²) < 4.78 is 112. The highest BCUT2D eigenvalue weighted by Crippen LogP contribution is 2.27. The molecule has 20 heavy (non-hydrogen) atoms. The summed E-state index contributed by atoms with van der Waals surface area (Å²) in [6.45, 7) is 0. The molecular formula is C4F6O8S2. The Morgan fingerprint density at radius 1 is 0.700 bits per heavy atom. The lowest BCUT2D eigenvalue weighted by Gasteiger charge is -2.11. The van der Waals surface area contributed by atoms with E-state index in [1.807, 2.05) is 0 Å². The average Bonchev–Trinajstić information content (AvgIpc) is 2.21. The van der Waals surface area contributed by atoms with Gasteiger partial charge in [0.2, 0.25) is 0 Å². The van der Waals surface area contributed by atoms with Gasteiger partial charge in [-0.05, 0) is 0 Å². The van der Waals surface area contributed by atoms with Crippen molar-refractivity contribution >= 4 is 32.4 Å². The first-order chi connectivity index (χ1) is 8.55. The van der Waals surface area contributed by atoms with Crippen LogP contribution in [0.5, 0.6) is 0 Å². The van der Waals surface area contributed by atoms with E-state index in [4.69, 9.17) is 0 Å². The van der Waals surface area contributed by atoms with Gasteiger partial charge in [0.05, 0.1) is 0 Å². The average molecular weight is 354 g/mol. The fourth-order valence-corrected chi connectivity index (χ4v) is 0.838. The third-order valence-corrected chi connectivity index (χ3v) is 2.84. The number of rotatable bonds is 4. The Hall–Kier alpha value is -1.58. The molecule has 0 saturated heterocycles. The Morgan fingerprint density at radius 2 is 0.900 bits per heavy atom. The van der Waals surface area contributed by atoms with Crippen molar-refractivity contribution in [3.8, 4) is 0 Å². The summed E-state index contributed by atoms with van der Waals surface area (Å²) in [5.74, 6) is -6.97. The highest BCUT2D eigenvalue weighted by atomic mass is 32.3. The first kappa shape index (κ1) is 18.4. The van der Waals surface area contributed by atoms with Gasteiger partial charge in [0.25, 0.3) is 0 Å². The molecule has 0 aliphatic heterocycles. The first-order valence-electron chi connectivity index (χ1n) is 3.62. The molecular weight excluding hydrogens is 354 g/mol. The topological polar surface area (TPSA) is 121 Å². The lowest BCUT2D eigenvalue weighted by atomic mass is 10.7. The summed E-state index contributed by atoms with van der Waals surface area (Å²) in [5.41, 5.74) is 0. The highest BCUT2D eigenvalue weighted by molar-refractivity contribution is 7.88. The Bertz CT molecular complexity index is 563. The molecule has 118 valence electrons. The molecule has 8 nitrogen and oxygen atoms in total. The van der Waals surface area contributed by atoms with E-state index in [0.717, 1.165) is 0 Å². The summed E-state index contributed by atoms with van der Waals surface area (Å²) >= 11 is 0. The van der Waals surface area contributed by atoms with Crippen LogP contribution in [-0.4, -0.2) is 39.3 Å². The van der Waals surface area contributed by atoms with Crippen molar-refractivity contribution in [2.75, 3.05) is 0 Å². The summed E-state index contributed by atoms with van der Waals surface area (Å²) in [6.07, 6.45) is 0.